The predicted octanol–water partition coefficient (Wildman–Crippen LogP) is 6.60. The minimum absolute atomic E-state index is 0.299. The molecule has 0 spiro atoms. The highest BCUT2D eigenvalue weighted by Crippen LogP contribution is 2.27. The van der Waals surface area contributed by atoms with Gasteiger partial charge in [0.25, 0.3) is 5.91 Å². The number of halogens is 2. The average molecular weight is 494 g/mol. The lowest BCUT2D eigenvalue weighted by molar-refractivity contribution is 0.0954. The first kappa shape index (κ1) is 21.1. The molecule has 6 heteroatoms. The molecule has 0 atom stereocenters. The maximum absolute atomic E-state index is 12.4. The molecule has 154 valence electrons. The Morgan fingerprint density at radius 2 is 1.71 bits per heavy atom. The van der Waals surface area contributed by atoms with Gasteiger partial charge in [0.05, 0.1) is 11.8 Å². The molecule has 4 aromatic rings. The summed E-state index contributed by atoms with van der Waals surface area (Å²) >= 11 is 9.34. The van der Waals surface area contributed by atoms with Crippen LogP contribution in [0, 0.1) is 0 Å². The molecule has 1 N–H and O–H groups in total. The van der Waals surface area contributed by atoms with Gasteiger partial charge in [0, 0.05) is 15.1 Å². The van der Waals surface area contributed by atoms with Gasteiger partial charge in [-0.15, -0.1) is 0 Å². The van der Waals surface area contributed by atoms with Gasteiger partial charge in [-0.05, 0) is 62.6 Å². The third-order valence-electron chi connectivity index (χ3n) is 4.72. The summed E-state index contributed by atoms with van der Waals surface area (Å²) in [6.45, 7) is 0.389. The minimum atomic E-state index is -0.299. The van der Waals surface area contributed by atoms with Crippen LogP contribution in [0.4, 0.5) is 0 Å². The lowest BCUT2D eigenvalue weighted by Crippen LogP contribution is -2.18. The van der Waals surface area contributed by atoms with Gasteiger partial charge < -0.3 is 4.74 Å². The molecule has 0 radical (unpaired) electrons. The van der Waals surface area contributed by atoms with Crippen LogP contribution in [-0.4, -0.2) is 12.1 Å². The summed E-state index contributed by atoms with van der Waals surface area (Å²) in [7, 11) is 0. The zero-order chi connectivity index (χ0) is 21.6. The molecule has 0 saturated carbocycles. The Morgan fingerprint density at radius 1 is 0.968 bits per heavy atom. The van der Waals surface area contributed by atoms with Crippen molar-refractivity contribution in [1.82, 2.24) is 5.43 Å². The van der Waals surface area contributed by atoms with Crippen molar-refractivity contribution in [3.05, 3.63) is 111 Å². The van der Waals surface area contributed by atoms with Crippen molar-refractivity contribution in [2.75, 3.05) is 0 Å². The summed E-state index contributed by atoms with van der Waals surface area (Å²) in [6, 6.07) is 26.6. The van der Waals surface area contributed by atoms with Gasteiger partial charge in [0.15, 0.2) is 0 Å². The molecule has 4 nitrogen and oxygen atoms in total. The molecule has 0 heterocycles. The van der Waals surface area contributed by atoms with Crippen LogP contribution in [0.3, 0.4) is 0 Å². The normalized spacial score (nSPS) is 11.0. The van der Waals surface area contributed by atoms with Crippen molar-refractivity contribution in [2.24, 2.45) is 5.10 Å². The summed E-state index contributed by atoms with van der Waals surface area (Å²) in [5.74, 6) is 0.375. The van der Waals surface area contributed by atoms with Crippen molar-refractivity contribution in [3.63, 3.8) is 0 Å². The highest BCUT2D eigenvalue weighted by Gasteiger charge is 2.10. The van der Waals surface area contributed by atoms with E-state index in [4.69, 9.17) is 16.3 Å². The second-order valence-corrected chi connectivity index (χ2v) is 8.08. The Bertz CT molecular complexity index is 1260. The van der Waals surface area contributed by atoms with Gasteiger partial charge in [0.1, 0.15) is 12.4 Å². The van der Waals surface area contributed by atoms with Crippen LogP contribution in [-0.2, 0) is 6.61 Å². The Balaban J connectivity index is 1.59. The van der Waals surface area contributed by atoms with E-state index in [9.17, 15) is 4.79 Å². The van der Waals surface area contributed by atoms with Crippen LogP contribution < -0.4 is 10.2 Å². The van der Waals surface area contributed by atoms with Crippen molar-refractivity contribution in [1.29, 1.82) is 0 Å². The van der Waals surface area contributed by atoms with E-state index in [0.29, 0.717) is 27.4 Å². The lowest BCUT2D eigenvalue weighted by atomic mass is 10.0. The predicted molar refractivity (Wildman–Crippen MR) is 129 cm³/mol. The molecule has 31 heavy (non-hydrogen) atoms. The number of amides is 1. The number of carbonyl (C=O) groups is 1. The zero-order valence-corrected chi connectivity index (χ0v) is 18.7. The fourth-order valence-corrected chi connectivity index (χ4v) is 3.73. The van der Waals surface area contributed by atoms with Gasteiger partial charge in [-0.2, -0.15) is 5.10 Å². The van der Waals surface area contributed by atoms with Crippen LogP contribution >= 0.6 is 27.5 Å². The summed E-state index contributed by atoms with van der Waals surface area (Å²) in [6.07, 6.45) is 1.62. The lowest BCUT2D eigenvalue weighted by Gasteiger charge is -2.12. The number of nitrogens with one attached hydrogen (secondary N) is 1. The monoisotopic (exact) mass is 492 g/mol. The summed E-state index contributed by atoms with van der Waals surface area (Å²) in [4.78, 5) is 12.4. The topological polar surface area (TPSA) is 50.7 Å². The molecular weight excluding hydrogens is 476 g/mol. The first-order valence-corrected chi connectivity index (χ1v) is 10.8. The Labute approximate surface area is 193 Å². The molecule has 4 rings (SSSR count). The quantitative estimate of drug-likeness (QED) is 0.243. The van der Waals surface area contributed by atoms with Crippen LogP contribution in [0.5, 0.6) is 5.75 Å². The van der Waals surface area contributed by atoms with Crippen molar-refractivity contribution < 1.29 is 9.53 Å². The van der Waals surface area contributed by atoms with E-state index < -0.39 is 0 Å². The molecule has 0 aliphatic rings. The molecule has 0 aromatic heterocycles. The minimum Gasteiger partial charge on any atom is -0.488 e. The smallest absolute Gasteiger partial charge is 0.272 e. The van der Waals surface area contributed by atoms with E-state index in [2.05, 4.69) is 26.5 Å². The van der Waals surface area contributed by atoms with E-state index in [-0.39, 0.29) is 5.91 Å². The standard InChI is InChI=1S/C25H18BrClN2O2/c26-23-8-4-3-7-21(23)25(30)29-28-15-22-20-6-2-1-5-18(20)11-14-24(22)31-16-17-9-12-19(27)13-10-17/h1-15H,16H2,(H,29,30)/b28-15+. The van der Waals surface area contributed by atoms with Crippen LogP contribution in [0.1, 0.15) is 21.5 Å². The molecule has 0 aliphatic heterocycles. The second-order valence-electron chi connectivity index (χ2n) is 6.79. The van der Waals surface area contributed by atoms with E-state index in [0.717, 1.165) is 21.9 Å². The number of hydrogen-bond donors (Lipinski definition) is 1. The number of carbonyl (C=O) groups excluding carboxylic acids is 1. The first-order valence-electron chi connectivity index (χ1n) is 9.59. The molecule has 0 bridgehead atoms. The summed E-state index contributed by atoms with van der Waals surface area (Å²) < 4.78 is 6.79. The van der Waals surface area contributed by atoms with E-state index in [1.807, 2.05) is 72.8 Å². The van der Waals surface area contributed by atoms with E-state index in [1.54, 1.807) is 18.3 Å². The molecule has 4 aromatic carbocycles. The molecule has 0 aliphatic carbocycles. The highest BCUT2D eigenvalue weighted by atomic mass is 79.9. The number of ether oxygens (including phenoxy) is 1. The highest BCUT2D eigenvalue weighted by molar-refractivity contribution is 9.10. The van der Waals surface area contributed by atoms with Crippen molar-refractivity contribution >= 4 is 50.4 Å². The number of benzene rings is 4. The van der Waals surface area contributed by atoms with Crippen LogP contribution in [0.2, 0.25) is 5.02 Å². The third-order valence-corrected chi connectivity index (χ3v) is 5.66. The number of nitrogens with zero attached hydrogens (tertiary/aromatic N) is 1. The SMILES string of the molecule is O=C(N/N=C/c1c(OCc2ccc(Cl)cc2)ccc2ccccc12)c1ccccc1Br. The van der Waals surface area contributed by atoms with E-state index >= 15 is 0 Å². The molecule has 0 saturated heterocycles. The fourth-order valence-electron chi connectivity index (χ4n) is 3.14. The molecular formula is C25H18BrClN2O2. The molecule has 0 unspecified atom stereocenters. The number of hydrazone groups is 1. The van der Waals surface area contributed by atoms with Crippen LogP contribution in [0.15, 0.2) is 94.5 Å². The second kappa shape index (κ2) is 9.77. The van der Waals surface area contributed by atoms with E-state index in [1.165, 1.54) is 0 Å². The van der Waals surface area contributed by atoms with Crippen molar-refractivity contribution in [2.45, 2.75) is 6.61 Å². The number of rotatable bonds is 6. The summed E-state index contributed by atoms with van der Waals surface area (Å²) in [5.41, 5.74) is 4.90. The molecule has 0 fully saturated rings. The van der Waals surface area contributed by atoms with Gasteiger partial charge in [-0.1, -0.05) is 66.2 Å². The van der Waals surface area contributed by atoms with Crippen LogP contribution in [0.25, 0.3) is 10.8 Å². The number of hydrogen-bond acceptors (Lipinski definition) is 3. The Hall–Kier alpha value is -3.15. The van der Waals surface area contributed by atoms with Crippen molar-refractivity contribution in [3.8, 4) is 5.75 Å². The maximum Gasteiger partial charge on any atom is 0.272 e. The largest absolute Gasteiger partial charge is 0.488 e. The fraction of sp³-hybridized carbons (Fsp3) is 0.0400. The number of fused-ring (bicyclic) bond motifs is 1. The van der Waals surface area contributed by atoms with Gasteiger partial charge >= 0.3 is 0 Å². The zero-order valence-electron chi connectivity index (χ0n) is 16.4. The first-order chi connectivity index (χ1) is 15.1. The maximum atomic E-state index is 12.4. The van der Waals surface area contributed by atoms with Gasteiger partial charge in [0.2, 0.25) is 0 Å². The summed E-state index contributed by atoms with van der Waals surface area (Å²) in [5, 5.41) is 6.91. The van der Waals surface area contributed by atoms with Gasteiger partial charge in [-0.25, -0.2) is 5.43 Å². The Kier molecular flexibility index (Phi) is 6.65. The van der Waals surface area contributed by atoms with Gasteiger partial charge in [-0.3, -0.25) is 4.79 Å². The third kappa shape index (κ3) is 5.13. The Morgan fingerprint density at radius 3 is 2.52 bits per heavy atom. The average Bonchev–Trinajstić information content (AvgIpc) is 2.79. The molecule has 1 amide bonds.